The van der Waals surface area contributed by atoms with Crippen LogP contribution in [0.15, 0.2) is 46.9 Å². The van der Waals surface area contributed by atoms with Crippen molar-refractivity contribution in [2.24, 2.45) is 5.92 Å². The topological polar surface area (TPSA) is 80.5 Å². The highest BCUT2D eigenvalue weighted by molar-refractivity contribution is 7.22. The molecule has 1 fully saturated rings. The van der Waals surface area contributed by atoms with Crippen LogP contribution >= 0.6 is 11.3 Å². The summed E-state index contributed by atoms with van der Waals surface area (Å²) in [7, 11) is 0. The molecule has 30 heavy (non-hydrogen) atoms. The summed E-state index contributed by atoms with van der Waals surface area (Å²) >= 11 is 1.47. The number of amides is 1. The monoisotopic (exact) mass is 422 g/mol. The highest BCUT2D eigenvalue weighted by Gasteiger charge is 2.27. The number of para-hydroxylation sites is 2. The summed E-state index contributed by atoms with van der Waals surface area (Å²) in [6, 6.07) is 14.2. The van der Waals surface area contributed by atoms with Crippen LogP contribution in [0.2, 0.25) is 0 Å². The summed E-state index contributed by atoms with van der Waals surface area (Å²) in [4.78, 5) is 24.0. The number of hydrogen-bond donors (Lipinski definition) is 1. The zero-order valence-corrected chi connectivity index (χ0v) is 17.4. The molecule has 0 atom stereocenters. The van der Waals surface area contributed by atoms with Gasteiger partial charge in [-0.05, 0) is 50.1 Å². The number of nitrogens with zero attached hydrogens (tertiary/aromatic N) is 3. The molecule has 2 aromatic carbocycles. The van der Waals surface area contributed by atoms with E-state index in [2.05, 4.69) is 20.2 Å². The van der Waals surface area contributed by atoms with E-state index in [-0.39, 0.29) is 11.8 Å². The second kappa shape index (κ2) is 7.95. The molecular formula is C22H22N4O3S. The zero-order chi connectivity index (χ0) is 20.5. The Morgan fingerprint density at radius 1 is 1.20 bits per heavy atom. The number of aromatic nitrogens is 2. The van der Waals surface area contributed by atoms with Gasteiger partial charge in [-0.1, -0.05) is 23.5 Å². The molecule has 0 saturated carbocycles. The van der Waals surface area contributed by atoms with Gasteiger partial charge in [0.1, 0.15) is 11.3 Å². The number of anilines is 2. The first kappa shape index (κ1) is 18.9. The fourth-order valence-corrected chi connectivity index (χ4v) is 4.65. The van der Waals surface area contributed by atoms with Crippen LogP contribution in [0.4, 0.5) is 11.1 Å². The molecule has 0 spiro atoms. The molecule has 1 saturated heterocycles. The van der Waals surface area contributed by atoms with Crippen molar-refractivity contribution in [1.82, 2.24) is 9.97 Å². The molecule has 0 aliphatic carbocycles. The summed E-state index contributed by atoms with van der Waals surface area (Å²) in [5.41, 5.74) is 2.51. The molecule has 1 amide bonds. The largest absolute Gasteiger partial charge is 0.494 e. The lowest BCUT2D eigenvalue weighted by Crippen LogP contribution is -2.38. The van der Waals surface area contributed by atoms with Gasteiger partial charge in [0.2, 0.25) is 5.91 Å². The lowest BCUT2D eigenvalue weighted by Gasteiger charge is -2.29. The predicted molar refractivity (Wildman–Crippen MR) is 118 cm³/mol. The molecular weight excluding hydrogens is 400 g/mol. The number of piperidine rings is 1. The Hall–Kier alpha value is -3.13. The standard InChI is InChI=1S/C22H22N4O3S/c1-2-28-15-7-8-17-19(13-15)30-21(23-17)25-20(27)14-9-11-26(12-10-14)22-24-16-5-3-4-6-18(16)29-22/h3-8,13-14H,2,9-12H2,1H3,(H,23,25,27). The van der Waals surface area contributed by atoms with Gasteiger partial charge in [0.15, 0.2) is 10.7 Å². The van der Waals surface area contributed by atoms with Crippen LogP contribution in [0.3, 0.4) is 0 Å². The molecule has 2 aromatic heterocycles. The second-order valence-corrected chi connectivity index (χ2v) is 8.33. The van der Waals surface area contributed by atoms with Gasteiger partial charge in [-0.2, -0.15) is 4.98 Å². The fourth-order valence-electron chi connectivity index (χ4n) is 3.75. The average molecular weight is 423 g/mol. The summed E-state index contributed by atoms with van der Waals surface area (Å²) in [6.07, 6.45) is 1.51. The number of carbonyl (C=O) groups is 1. The fraction of sp³-hybridized carbons (Fsp3) is 0.318. The summed E-state index contributed by atoms with van der Waals surface area (Å²) in [5, 5.41) is 3.63. The van der Waals surface area contributed by atoms with E-state index in [1.54, 1.807) is 0 Å². The minimum atomic E-state index is -0.0448. The third kappa shape index (κ3) is 3.70. The number of oxazole rings is 1. The number of rotatable bonds is 5. The number of hydrogen-bond acceptors (Lipinski definition) is 7. The van der Waals surface area contributed by atoms with Crippen molar-refractivity contribution in [1.29, 1.82) is 0 Å². The van der Waals surface area contributed by atoms with Gasteiger partial charge in [-0.3, -0.25) is 4.79 Å². The van der Waals surface area contributed by atoms with E-state index in [9.17, 15) is 4.79 Å². The molecule has 154 valence electrons. The maximum absolute atomic E-state index is 12.8. The van der Waals surface area contributed by atoms with Crippen LogP contribution in [0.1, 0.15) is 19.8 Å². The van der Waals surface area contributed by atoms with Crippen LogP contribution in [-0.4, -0.2) is 35.6 Å². The van der Waals surface area contributed by atoms with Gasteiger partial charge >= 0.3 is 0 Å². The number of nitrogens with one attached hydrogen (secondary N) is 1. The summed E-state index contributed by atoms with van der Waals surface area (Å²) < 4.78 is 12.4. The molecule has 0 radical (unpaired) electrons. The predicted octanol–water partition coefficient (Wildman–Crippen LogP) is 4.69. The van der Waals surface area contributed by atoms with Gasteiger partial charge in [0, 0.05) is 19.0 Å². The van der Waals surface area contributed by atoms with Gasteiger partial charge in [-0.15, -0.1) is 0 Å². The number of carbonyl (C=O) groups excluding carboxylic acids is 1. The van der Waals surface area contributed by atoms with E-state index in [0.717, 1.165) is 53.0 Å². The Bertz CT molecular complexity index is 1160. The van der Waals surface area contributed by atoms with Crippen molar-refractivity contribution in [3.05, 3.63) is 42.5 Å². The number of ether oxygens (including phenoxy) is 1. The molecule has 1 aliphatic heterocycles. The SMILES string of the molecule is CCOc1ccc2nc(NC(=O)C3CCN(c4nc5ccccc5o4)CC3)sc2c1. The van der Waals surface area contributed by atoms with Crippen molar-refractivity contribution in [3.8, 4) is 5.75 Å². The first-order chi connectivity index (χ1) is 14.7. The molecule has 0 bridgehead atoms. The van der Waals surface area contributed by atoms with Crippen LogP contribution in [0, 0.1) is 5.92 Å². The Morgan fingerprint density at radius 3 is 2.83 bits per heavy atom. The van der Waals surface area contributed by atoms with Crippen LogP contribution in [0.5, 0.6) is 5.75 Å². The normalized spacial score (nSPS) is 15.0. The first-order valence-corrected chi connectivity index (χ1v) is 11.0. The van der Waals surface area contributed by atoms with Crippen molar-refractivity contribution in [2.75, 3.05) is 29.9 Å². The van der Waals surface area contributed by atoms with Crippen LogP contribution in [-0.2, 0) is 4.79 Å². The minimum absolute atomic E-state index is 0.0244. The molecule has 7 nitrogen and oxygen atoms in total. The molecule has 1 N–H and O–H groups in total. The van der Waals surface area contributed by atoms with E-state index >= 15 is 0 Å². The summed E-state index contributed by atoms with van der Waals surface area (Å²) in [6.45, 7) is 4.05. The van der Waals surface area contributed by atoms with Crippen LogP contribution < -0.4 is 15.0 Å². The Labute approximate surface area is 177 Å². The lowest BCUT2D eigenvalue weighted by molar-refractivity contribution is -0.120. The third-order valence-corrected chi connectivity index (χ3v) is 6.25. The van der Waals surface area contributed by atoms with Crippen molar-refractivity contribution < 1.29 is 13.9 Å². The number of benzene rings is 2. The van der Waals surface area contributed by atoms with Crippen molar-refractivity contribution >= 4 is 49.7 Å². The summed E-state index contributed by atoms with van der Waals surface area (Å²) in [5.74, 6) is 0.797. The molecule has 8 heteroatoms. The van der Waals surface area contributed by atoms with Crippen LogP contribution in [0.25, 0.3) is 21.3 Å². The molecule has 0 unspecified atom stereocenters. The Balaban J connectivity index is 1.22. The van der Waals surface area contributed by atoms with Crippen molar-refractivity contribution in [2.45, 2.75) is 19.8 Å². The first-order valence-electron chi connectivity index (χ1n) is 10.1. The molecule has 1 aliphatic rings. The molecule has 4 aromatic rings. The average Bonchev–Trinajstić information content (AvgIpc) is 3.37. The van der Waals surface area contributed by atoms with E-state index in [0.29, 0.717) is 17.8 Å². The highest BCUT2D eigenvalue weighted by atomic mass is 32.1. The lowest BCUT2D eigenvalue weighted by atomic mass is 9.96. The Morgan fingerprint density at radius 2 is 2.03 bits per heavy atom. The molecule has 3 heterocycles. The van der Waals surface area contributed by atoms with E-state index in [1.807, 2.05) is 49.4 Å². The smallest absolute Gasteiger partial charge is 0.298 e. The van der Waals surface area contributed by atoms with Gasteiger partial charge < -0.3 is 19.4 Å². The quantitative estimate of drug-likeness (QED) is 0.502. The maximum Gasteiger partial charge on any atom is 0.298 e. The van der Waals surface area contributed by atoms with Gasteiger partial charge in [0.25, 0.3) is 6.01 Å². The van der Waals surface area contributed by atoms with Gasteiger partial charge in [0.05, 0.1) is 16.8 Å². The third-order valence-electron chi connectivity index (χ3n) is 5.32. The number of fused-ring (bicyclic) bond motifs is 2. The Kier molecular flexibility index (Phi) is 5.00. The van der Waals surface area contributed by atoms with E-state index in [1.165, 1.54) is 11.3 Å². The minimum Gasteiger partial charge on any atom is -0.494 e. The van der Waals surface area contributed by atoms with E-state index < -0.39 is 0 Å². The van der Waals surface area contributed by atoms with Gasteiger partial charge in [-0.25, -0.2) is 4.98 Å². The highest BCUT2D eigenvalue weighted by Crippen LogP contribution is 2.31. The second-order valence-electron chi connectivity index (χ2n) is 7.30. The zero-order valence-electron chi connectivity index (χ0n) is 16.6. The number of thiazole rings is 1. The van der Waals surface area contributed by atoms with Crippen molar-refractivity contribution in [3.63, 3.8) is 0 Å². The molecule has 5 rings (SSSR count). The maximum atomic E-state index is 12.8. The van der Waals surface area contributed by atoms with E-state index in [4.69, 9.17) is 9.15 Å².